The lowest BCUT2D eigenvalue weighted by Gasteiger charge is -2.15. The summed E-state index contributed by atoms with van der Waals surface area (Å²) >= 11 is 0. The first-order valence-corrected chi connectivity index (χ1v) is 12.2. The van der Waals surface area contributed by atoms with Crippen molar-refractivity contribution in [1.82, 2.24) is 10.2 Å². The van der Waals surface area contributed by atoms with E-state index in [0.29, 0.717) is 0 Å². The van der Waals surface area contributed by atoms with Crippen molar-refractivity contribution < 1.29 is 19.5 Å². The van der Waals surface area contributed by atoms with Crippen molar-refractivity contribution in [3.8, 4) is 11.8 Å². The first-order valence-electron chi connectivity index (χ1n) is 12.2. The normalized spacial score (nSPS) is 9.97. The molecule has 0 spiro atoms. The average Bonchev–Trinajstić information content (AvgIpc) is 2.90. The molecule has 0 aliphatic carbocycles. The fourth-order valence-corrected chi connectivity index (χ4v) is 2.80. The maximum atomic E-state index is 11.2. The number of benzene rings is 2. The van der Waals surface area contributed by atoms with Crippen LogP contribution in [0.25, 0.3) is 0 Å². The van der Waals surface area contributed by atoms with Gasteiger partial charge in [-0.25, -0.2) is 0 Å². The topological polar surface area (TPSA) is 86.7 Å². The molecule has 6 heteroatoms. The molecule has 36 heavy (non-hydrogen) atoms. The van der Waals surface area contributed by atoms with Gasteiger partial charge < -0.3 is 15.3 Å². The minimum absolute atomic E-state index is 0.0770. The number of carbonyl (C=O) groups excluding carboxylic acids is 3. The van der Waals surface area contributed by atoms with Gasteiger partial charge in [0.1, 0.15) is 5.78 Å². The van der Waals surface area contributed by atoms with Crippen LogP contribution in [0.3, 0.4) is 0 Å². The average molecular weight is 497 g/mol. The third kappa shape index (κ3) is 14.9. The summed E-state index contributed by atoms with van der Waals surface area (Å²) in [5, 5.41) is 9.39. The van der Waals surface area contributed by atoms with Gasteiger partial charge in [-0.2, -0.15) is 0 Å². The van der Waals surface area contributed by atoms with Crippen molar-refractivity contribution >= 4 is 17.5 Å². The first kappa shape index (κ1) is 34.9. The van der Waals surface area contributed by atoms with Gasteiger partial charge in [-0.3, -0.25) is 14.4 Å². The predicted molar refractivity (Wildman–Crippen MR) is 149 cm³/mol. The van der Waals surface area contributed by atoms with E-state index in [2.05, 4.69) is 60.3 Å². The van der Waals surface area contributed by atoms with E-state index in [0.717, 1.165) is 36.9 Å². The van der Waals surface area contributed by atoms with Gasteiger partial charge in [-0.1, -0.05) is 56.9 Å². The second-order valence-electron chi connectivity index (χ2n) is 7.76. The zero-order valence-electron chi connectivity index (χ0n) is 23.4. The van der Waals surface area contributed by atoms with Gasteiger partial charge in [-0.15, -0.1) is 0 Å². The van der Waals surface area contributed by atoms with Gasteiger partial charge in [-0.05, 0) is 70.6 Å². The zero-order valence-corrected chi connectivity index (χ0v) is 23.4. The van der Waals surface area contributed by atoms with Crippen LogP contribution in [0.5, 0.6) is 0 Å². The molecule has 1 unspecified atom stereocenters. The number of Topliss-reactive ketones (excluding diaryl/α,β-unsaturated/α-hetero) is 2. The molecule has 0 heterocycles. The second kappa shape index (κ2) is 21.0. The van der Waals surface area contributed by atoms with Gasteiger partial charge in [0.25, 0.3) is 0 Å². The molecule has 2 aromatic carbocycles. The van der Waals surface area contributed by atoms with Gasteiger partial charge in [0, 0.05) is 37.4 Å². The van der Waals surface area contributed by atoms with Crippen LogP contribution in [0, 0.1) is 17.8 Å². The van der Waals surface area contributed by atoms with Gasteiger partial charge in [0.2, 0.25) is 5.91 Å². The SMILES string of the molecule is CC.CCCN(C)Cc1ccc(C#Cc2ccc(C(C)=O)cc2)cc1.CNC(=O)C(C)C(C)=O.CO. The summed E-state index contributed by atoms with van der Waals surface area (Å²) < 4.78 is 0. The van der Waals surface area contributed by atoms with Crippen LogP contribution in [-0.4, -0.2) is 55.2 Å². The van der Waals surface area contributed by atoms with Crippen molar-refractivity contribution in [3.05, 3.63) is 70.8 Å². The third-order valence-electron chi connectivity index (χ3n) is 4.90. The van der Waals surface area contributed by atoms with Crippen molar-refractivity contribution in [2.75, 3.05) is 27.7 Å². The van der Waals surface area contributed by atoms with Crippen LogP contribution in [0.4, 0.5) is 0 Å². The minimum Gasteiger partial charge on any atom is -0.400 e. The highest BCUT2D eigenvalue weighted by Gasteiger charge is 2.14. The molecule has 0 aliphatic heterocycles. The number of nitrogens with zero attached hydrogens (tertiary/aromatic N) is 1. The molecule has 2 aromatic rings. The lowest BCUT2D eigenvalue weighted by atomic mass is 10.1. The second-order valence-corrected chi connectivity index (χ2v) is 7.76. The largest absolute Gasteiger partial charge is 0.400 e. The number of nitrogens with one attached hydrogen (secondary N) is 1. The minimum atomic E-state index is -0.505. The molecule has 0 saturated heterocycles. The molecule has 2 N–H and O–H groups in total. The molecule has 0 aliphatic rings. The number of hydrogen-bond donors (Lipinski definition) is 2. The Morgan fingerprint density at radius 1 is 0.917 bits per heavy atom. The predicted octanol–water partition coefficient (Wildman–Crippen LogP) is 4.72. The number of carbonyl (C=O) groups is 3. The highest BCUT2D eigenvalue weighted by atomic mass is 16.2. The Labute approximate surface area is 218 Å². The van der Waals surface area contributed by atoms with Crippen molar-refractivity contribution in [2.45, 2.75) is 54.5 Å². The number of rotatable bonds is 7. The Morgan fingerprint density at radius 2 is 1.36 bits per heavy atom. The van der Waals surface area contributed by atoms with E-state index in [1.807, 2.05) is 38.1 Å². The highest BCUT2D eigenvalue weighted by molar-refractivity contribution is 5.99. The quantitative estimate of drug-likeness (QED) is 0.329. The molecule has 0 fully saturated rings. The summed E-state index contributed by atoms with van der Waals surface area (Å²) in [7, 11) is 4.66. The first-order chi connectivity index (χ1) is 17.2. The summed E-state index contributed by atoms with van der Waals surface area (Å²) in [6.45, 7) is 12.8. The summed E-state index contributed by atoms with van der Waals surface area (Å²) in [6, 6.07) is 15.8. The van der Waals surface area contributed by atoms with E-state index >= 15 is 0 Å². The Balaban J connectivity index is 0. The molecule has 6 nitrogen and oxygen atoms in total. The van der Waals surface area contributed by atoms with Crippen molar-refractivity contribution in [3.63, 3.8) is 0 Å². The number of aliphatic hydroxyl groups is 1. The lowest BCUT2D eigenvalue weighted by Crippen LogP contribution is -2.29. The van der Waals surface area contributed by atoms with Crippen molar-refractivity contribution in [2.24, 2.45) is 5.92 Å². The highest BCUT2D eigenvalue weighted by Crippen LogP contribution is 2.08. The Kier molecular flexibility index (Phi) is 20.4. The molecular formula is C30H44N2O4. The Bertz CT molecular complexity index is 955. The van der Waals surface area contributed by atoms with Crippen LogP contribution in [0.1, 0.15) is 75.0 Å². The summed E-state index contributed by atoms with van der Waals surface area (Å²) in [4.78, 5) is 34.7. The molecule has 0 radical (unpaired) electrons. The smallest absolute Gasteiger partial charge is 0.230 e. The monoisotopic (exact) mass is 496 g/mol. The van der Waals surface area contributed by atoms with E-state index in [9.17, 15) is 14.4 Å². The van der Waals surface area contributed by atoms with E-state index < -0.39 is 5.92 Å². The lowest BCUT2D eigenvalue weighted by molar-refractivity contribution is -0.131. The number of hydrogen-bond acceptors (Lipinski definition) is 5. The van der Waals surface area contributed by atoms with E-state index in [1.54, 1.807) is 13.8 Å². The summed E-state index contributed by atoms with van der Waals surface area (Å²) in [5.41, 5.74) is 3.94. The maximum Gasteiger partial charge on any atom is 0.230 e. The molecule has 1 atom stereocenters. The summed E-state index contributed by atoms with van der Waals surface area (Å²) in [5.74, 6) is 5.55. The summed E-state index contributed by atoms with van der Waals surface area (Å²) in [6.07, 6.45) is 1.17. The van der Waals surface area contributed by atoms with Crippen LogP contribution in [-0.2, 0) is 16.1 Å². The van der Waals surface area contributed by atoms with Crippen LogP contribution in [0.15, 0.2) is 48.5 Å². The Morgan fingerprint density at radius 3 is 1.69 bits per heavy atom. The van der Waals surface area contributed by atoms with Crippen LogP contribution >= 0.6 is 0 Å². The van der Waals surface area contributed by atoms with E-state index in [1.165, 1.54) is 26.0 Å². The standard InChI is InChI=1S/C21H23NO.C6H11NO2.C2H6.CH4O/c1-4-15-22(3)16-20-9-7-18(8-10-20)5-6-19-11-13-21(14-12-19)17(2)23;1-4(5(2)8)6(9)7-3;2*1-2/h7-14H,4,15-16H2,1-3H3;4H,1-3H3,(H,7,9);1-2H3;2H,1H3. The zero-order chi connectivity index (χ0) is 28.1. The number of amides is 1. The molecule has 0 saturated carbocycles. The Hall–Kier alpha value is -3.27. The van der Waals surface area contributed by atoms with Crippen LogP contribution in [0.2, 0.25) is 0 Å². The van der Waals surface area contributed by atoms with Crippen LogP contribution < -0.4 is 5.32 Å². The van der Waals surface area contributed by atoms with Gasteiger partial charge >= 0.3 is 0 Å². The molecule has 0 aromatic heterocycles. The number of ketones is 2. The molecule has 2 rings (SSSR count). The third-order valence-corrected chi connectivity index (χ3v) is 4.90. The fraction of sp³-hybridized carbons (Fsp3) is 0.433. The van der Waals surface area contributed by atoms with Gasteiger partial charge in [0.05, 0.1) is 5.92 Å². The molecule has 1 amide bonds. The molecule has 198 valence electrons. The van der Waals surface area contributed by atoms with Crippen molar-refractivity contribution in [1.29, 1.82) is 0 Å². The van der Waals surface area contributed by atoms with E-state index in [-0.39, 0.29) is 17.5 Å². The molecular weight excluding hydrogens is 452 g/mol. The molecule has 0 bridgehead atoms. The maximum absolute atomic E-state index is 11.2. The number of aliphatic hydroxyl groups excluding tert-OH is 1. The van der Waals surface area contributed by atoms with Gasteiger partial charge in [0.15, 0.2) is 5.78 Å². The van der Waals surface area contributed by atoms with E-state index in [4.69, 9.17) is 5.11 Å². The fourth-order valence-electron chi connectivity index (χ4n) is 2.80.